The van der Waals surface area contributed by atoms with Crippen LogP contribution < -0.4 is 20.3 Å². The number of aromatic nitrogens is 1. The summed E-state index contributed by atoms with van der Waals surface area (Å²) >= 11 is 1.00. The van der Waals surface area contributed by atoms with Crippen molar-refractivity contribution in [1.29, 1.82) is 0 Å². The number of hydrazine groups is 1. The number of halogens is 3. The van der Waals surface area contributed by atoms with E-state index in [4.69, 9.17) is 9.47 Å². The number of rotatable bonds is 5. The van der Waals surface area contributed by atoms with Gasteiger partial charge in [-0.2, -0.15) is 13.2 Å². The molecule has 168 valence electrons. The van der Waals surface area contributed by atoms with Crippen LogP contribution in [-0.2, 0) is 6.18 Å². The second-order valence-electron chi connectivity index (χ2n) is 6.49. The Bertz CT molecular complexity index is 1140. The Kier molecular flexibility index (Phi) is 6.68. The molecule has 0 atom stereocenters. The minimum absolute atomic E-state index is 0.215. The normalized spacial score (nSPS) is 11.1. The highest BCUT2D eigenvalue weighted by molar-refractivity contribution is 7.17. The van der Waals surface area contributed by atoms with Crippen molar-refractivity contribution in [3.63, 3.8) is 0 Å². The van der Waals surface area contributed by atoms with Gasteiger partial charge < -0.3 is 9.47 Å². The smallest absolute Gasteiger partial charge is 0.416 e. The van der Waals surface area contributed by atoms with E-state index in [-0.39, 0.29) is 10.4 Å². The fourth-order valence-electron chi connectivity index (χ4n) is 2.75. The van der Waals surface area contributed by atoms with Gasteiger partial charge in [0.15, 0.2) is 11.5 Å². The molecule has 0 fully saturated rings. The Hall–Kier alpha value is -3.60. The lowest BCUT2D eigenvalue weighted by atomic mass is 10.1. The highest BCUT2D eigenvalue weighted by atomic mass is 32.1. The third-order valence-corrected chi connectivity index (χ3v) is 5.60. The lowest BCUT2D eigenvalue weighted by molar-refractivity contribution is -0.137. The van der Waals surface area contributed by atoms with E-state index in [9.17, 15) is 22.8 Å². The number of thiazole rings is 1. The van der Waals surface area contributed by atoms with Crippen molar-refractivity contribution in [1.82, 2.24) is 15.8 Å². The van der Waals surface area contributed by atoms with Crippen molar-refractivity contribution < 1.29 is 32.2 Å². The number of alkyl halides is 3. The number of carbonyl (C=O) groups is 2. The van der Waals surface area contributed by atoms with Gasteiger partial charge in [-0.15, -0.1) is 11.3 Å². The summed E-state index contributed by atoms with van der Waals surface area (Å²) < 4.78 is 48.5. The van der Waals surface area contributed by atoms with Gasteiger partial charge >= 0.3 is 6.18 Å². The summed E-state index contributed by atoms with van der Waals surface area (Å²) in [4.78, 5) is 29.3. The van der Waals surface area contributed by atoms with Gasteiger partial charge in [0, 0.05) is 11.1 Å². The number of nitrogens with one attached hydrogen (secondary N) is 2. The van der Waals surface area contributed by atoms with Crippen LogP contribution in [0.1, 0.15) is 31.3 Å². The molecule has 2 aromatic carbocycles. The summed E-state index contributed by atoms with van der Waals surface area (Å²) in [7, 11) is 2.90. The number of hydrogen-bond acceptors (Lipinski definition) is 6. The summed E-state index contributed by atoms with van der Waals surface area (Å²) in [6.07, 6.45) is -4.44. The Morgan fingerprint density at radius 3 is 2.16 bits per heavy atom. The van der Waals surface area contributed by atoms with Crippen molar-refractivity contribution in [2.75, 3.05) is 14.2 Å². The van der Waals surface area contributed by atoms with Crippen molar-refractivity contribution in [3.05, 3.63) is 64.2 Å². The highest BCUT2D eigenvalue weighted by Gasteiger charge is 2.30. The maximum Gasteiger partial charge on any atom is 0.416 e. The van der Waals surface area contributed by atoms with Crippen LogP contribution in [0.2, 0.25) is 0 Å². The molecule has 0 aliphatic carbocycles. The summed E-state index contributed by atoms with van der Waals surface area (Å²) in [5.41, 5.74) is 4.89. The summed E-state index contributed by atoms with van der Waals surface area (Å²) in [5.74, 6) is -0.383. The first-order valence-electron chi connectivity index (χ1n) is 9.11. The Balaban J connectivity index is 1.70. The van der Waals surface area contributed by atoms with Gasteiger partial charge in [-0.1, -0.05) is 12.1 Å². The van der Waals surface area contributed by atoms with Crippen LogP contribution in [-0.4, -0.2) is 31.0 Å². The van der Waals surface area contributed by atoms with E-state index in [1.807, 2.05) is 0 Å². The second kappa shape index (κ2) is 9.27. The number of aryl methyl sites for hydroxylation is 1. The predicted octanol–water partition coefficient (Wildman–Crippen LogP) is 4.23. The maximum absolute atomic E-state index is 12.7. The van der Waals surface area contributed by atoms with Gasteiger partial charge in [0.1, 0.15) is 9.88 Å². The molecule has 1 aromatic heterocycles. The van der Waals surface area contributed by atoms with Crippen LogP contribution >= 0.6 is 11.3 Å². The second-order valence-corrected chi connectivity index (χ2v) is 7.49. The van der Waals surface area contributed by atoms with E-state index >= 15 is 0 Å². The van der Waals surface area contributed by atoms with Crippen LogP contribution in [0.4, 0.5) is 13.2 Å². The fraction of sp³-hybridized carbons (Fsp3) is 0.190. The Morgan fingerprint density at radius 2 is 1.56 bits per heavy atom. The molecule has 1 heterocycles. The van der Waals surface area contributed by atoms with E-state index in [0.717, 1.165) is 23.5 Å². The van der Waals surface area contributed by atoms with Crippen molar-refractivity contribution in [2.45, 2.75) is 13.1 Å². The number of amides is 2. The zero-order valence-corrected chi connectivity index (χ0v) is 18.0. The molecule has 0 aliphatic heterocycles. The molecule has 0 saturated heterocycles. The summed E-state index contributed by atoms with van der Waals surface area (Å²) in [5, 5.41) is 0.382. The zero-order valence-electron chi connectivity index (χ0n) is 17.2. The van der Waals surface area contributed by atoms with Gasteiger partial charge in [-0.3, -0.25) is 20.4 Å². The maximum atomic E-state index is 12.7. The Morgan fingerprint density at radius 1 is 0.938 bits per heavy atom. The van der Waals surface area contributed by atoms with Crippen LogP contribution in [0.5, 0.6) is 11.5 Å². The number of ether oxygens (including phenoxy) is 2. The van der Waals surface area contributed by atoms with Crippen molar-refractivity contribution >= 4 is 23.2 Å². The van der Waals surface area contributed by atoms with E-state index in [1.54, 1.807) is 13.0 Å². The SMILES string of the molecule is COc1ccc(C(=O)NNC(=O)c2sc(-c3ccc(C(F)(F)F)cc3)nc2C)cc1OC. The minimum atomic E-state index is -4.44. The average Bonchev–Trinajstić information content (AvgIpc) is 3.17. The molecule has 0 unspecified atom stereocenters. The van der Waals surface area contributed by atoms with Gasteiger partial charge in [0.2, 0.25) is 0 Å². The number of carbonyl (C=O) groups excluding carboxylic acids is 2. The molecule has 0 aliphatic rings. The highest BCUT2D eigenvalue weighted by Crippen LogP contribution is 2.33. The van der Waals surface area contributed by atoms with Crippen molar-refractivity contribution in [2.24, 2.45) is 0 Å². The minimum Gasteiger partial charge on any atom is -0.493 e. The third-order valence-electron chi connectivity index (χ3n) is 4.40. The molecule has 2 N–H and O–H groups in total. The largest absolute Gasteiger partial charge is 0.493 e. The number of hydrogen-bond donors (Lipinski definition) is 2. The molecule has 0 radical (unpaired) electrons. The molecule has 32 heavy (non-hydrogen) atoms. The summed E-state index contributed by atoms with van der Waals surface area (Å²) in [6, 6.07) is 9.01. The Labute approximate surface area is 185 Å². The third kappa shape index (κ3) is 4.99. The molecule has 7 nitrogen and oxygen atoms in total. The van der Waals surface area contributed by atoms with Gasteiger partial charge in [-0.05, 0) is 37.3 Å². The van der Waals surface area contributed by atoms with Crippen LogP contribution in [0.3, 0.4) is 0 Å². The van der Waals surface area contributed by atoms with E-state index in [2.05, 4.69) is 15.8 Å². The molecule has 3 rings (SSSR count). The van der Waals surface area contributed by atoms with Crippen LogP contribution in [0, 0.1) is 6.92 Å². The van der Waals surface area contributed by atoms with E-state index in [0.29, 0.717) is 27.8 Å². The molecule has 3 aromatic rings. The standard InChI is InChI=1S/C21H18F3N3O4S/c1-11-17(32-20(25-11)12-4-7-14(8-5-12)21(22,23)24)19(29)27-26-18(28)13-6-9-15(30-2)16(10-13)31-3/h4-10H,1-3H3,(H,26,28)(H,27,29). The number of benzene rings is 2. The summed E-state index contributed by atoms with van der Waals surface area (Å²) in [6.45, 7) is 1.59. The van der Waals surface area contributed by atoms with Gasteiger partial charge in [0.05, 0.1) is 25.5 Å². The quantitative estimate of drug-likeness (QED) is 0.551. The molecule has 11 heteroatoms. The molecular formula is C21H18F3N3O4S. The lowest BCUT2D eigenvalue weighted by Gasteiger charge is -2.10. The topological polar surface area (TPSA) is 89.6 Å². The van der Waals surface area contributed by atoms with E-state index in [1.165, 1.54) is 38.5 Å². The van der Waals surface area contributed by atoms with Gasteiger partial charge in [-0.25, -0.2) is 4.98 Å². The molecule has 0 saturated carbocycles. The van der Waals surface area contributed by atoms with Crippen molar-refractivity contribution in [3.8, 4) is 22.1 Å². The number of methoxy groups -OCH3 is 2. The fourth-order valence-corrected chi connectivity index (χ4v) is 3.72. The average molecular weight is 465 g/mol. The zero-order chi connectivity index (χ0) is 23.5. The monoisotopic (exact) mass is 465 g/mol. The predicted molar refractivity (Wildman–Crippen MR) is 112 cm³/mol. The molecule has 0 bridgehead atoms. The van der Waals surface area contributed by atoms with E-state index < -0.39 is 23.6 Å². The van der Waals surface area contributed by atoms with Crippen LogP contribution in [0.25, 0.3) is 10.6 Å². The number of nitrogens with zero attached hydrogens (tertiary/aromatic N) is 1. The van der Waals surface area contributed by atoms with Crippen LogP contribution in [0.15, 0.2) is 42.5 Å². The first-order valence-corrected chi connectivity index (χ1v) is 9.93. The van der Waals surface area contributed by atoms with Gasteiger partial charge in [0.25, 0.3) is 11.8 Å². The molecular weight excluding hydrogens is 447 g/mol. The molecule has 2 amide bonds. The first kappa shape index (κ1) is 23.1. The molecule has 0 spiro atoms. The lowest BCUT2D eigenvalue weighted by Crippen LogP contribution is -2.41. The first-order chi connectivity index (χ1) is 15.1.